The molecule has 0 aliphatic carbocycles. The van der Waals surface area contributed by atoms with Gasteiger partial charge in [-0.15, -0.1) is 0 Å². The van der Waals surface area contributed by atoms with Crippen molar-refractivity contribution in [2.24, 2.45) is 4.99 Å². The average Bonchev–Trinajstić information content (AvgIpc) is 2.43. The topological polar surface area (TPSA) is 45.7 Å². The molecule has 0 aromatic heterocycles. The Morgan fingerprint density at radius 2 is 2.10 bits per heavy atom. The lowest BCUT2D eigenvalue weighted by Crippen LogP contribution is -2.38. The van der Waals surface area contributed by atoms with E-state index in [0.717, 1.165) is 48.7 Å². The highest BCUT2D eigenvalue weighted by atomic mass is 79.9. The lowest BCUT2D eigenvalue weighted by Gasteiger charge is -2.11. The molecular formula is C15H23BrFN3O. The van der Waals surface area contributed by atoms with Crippen molar-refractivity contribution >= 4 is 21.9 Å². The zero-order valence-electron chi connectivity index (χ0n) is 12.6. The van der Waals surface area contributed by atoms with Gasteiger partial charge in [0, 0.05) is 30.8 Å². The van der Waals surface area contributed by atoms with E-state index in [2.05, 4.69) is 31.6 Å². The number of hydrogen-bond donors (Lipinski definition) is 2. The van der Waals surface area contributed by atoms with Gasteiger partial charge in [0.05, 0.1) is 6.54 Å². The van der Waals surface area contributed by atoms with E-state index < -0.39 is 0 Å². The van der Waals surface area contributed by atoms with E-state index in [-0.39, 0.29) is 5.82 Å². The standard InChI is InChI=1S/C15H23BrFN3O/c1-3-18-15(19-6-5-7-21-4-2)20-11-12-8-13(16)10-14(17)9-12/h8-10H,3-7,11H2,1-2H3,(H2,18,19,20). The summed E-state index contributed by atoms with van der Waals surface area (Å²) in [4.78, 5) is 4.45. The highest BCUT2D eigenvalue weighted by Gasteiger charge is 2.00. The molecule has 0 bridgehead atoms. The van der Waals surface area contributed by atoms with Gasteiger partial charge in [-0.2, -0.15) is 0 Å². The van der Waals surface area contributed by atoms with Crippen molar-refractivity contribution in [1.29, 1.82) is 0 Å². The van der Waals surface area contributed by atoms with Gasteiger partial charge in [-0.25, -0.2) is 9.38 Å². The Kier molecular flexibility index (Phi) is 9.01. The summed E-state index contributed by atoms with van der Waals surface area (Å²) in [6.07, 6.45) is 0.920. The van der Waals surface area contributed by atoms with E-state index in [1.807, 2.05) is 19.9 Å². The zero-order valence-corrected chi connectivity index (χ0v) is 14.2. The molecule has 0 radical (unpaired) electrons. The molecule has 0 spiro atoms. The van der Waals surface area contributed by atoms with Crippen molar-refractivity contribution in [3.63, 3.8) is 0 Å². The second kappa shape index (κ2) is 10.6. The number of rotatable bonds is 8. The van der Waals surface area contributed by atoms with Gasteiger partial charge in [0.15, 0.2) is 5.96 Å². The summed E-state index contributed by atoms with van der Waals surface area (Å²) >= 11 is 3.28. The third kappa shape index (κ3) is 8.02. The van der Waals surface area contributed by atoms with Crippen molar-refractivity contribution in [1.82, 2.24) is 10.6 Å². The first-order valence-corrected chi connectivity index (χ1v) is 8.00. The predicted octanol–water partition coefficient (Wildman–Crippen LogP) is 3.07. The maximum atomic E-state index is 13.3. The fourth-order valence-corrected chi connectivity index (χ4v) is 2.25. The van der Waals surface area contributed by atoms with Gasteiger partial charge in [0.25, 0.3) is 0 Å². The smallest absolute Gasteiger partial charge is 0.191 e. The van der Waals surface area contributed by atoms with Crippen molar-refractivity contribution in [3.05, 3.63) is 34.1 Å². The van der Waals surface area contributed by atoms with Crippen molar-refractivity contribution in [3.8, 4) is 0 Å². The summed E-state index contributed by atoms with van der Waals surface area (Å²) in [7, 11) is 0. The van der Waals surface area contributed by atoms with Gasteiger partial charge in [-0.05, 0) is 44.0 Å². The first-order chi connectivity index (χ1) is 10.2. The van der Waals surface area contributed by atoms with E-state index in [9.17, 15) is 4.39 Å². The van der Waals surface area contributed by atoms with Crippen LogP contribution in [0.1, 0.15) is 25.8 Å². The normalized spacial score (nSPS) is 11.5. The van der Waals surface area contributed by atoms with Crippen LogP contribution >= 0.6 is 15.9 Å². The molecule has 1 rings (SSSR count). The average molecular weight is 360 g/mol. The van der Waals surface area contributed by atoms with Crippen LogP contribution in [0.2, 0.25) is 0 Å². The second-order valence-corrected chi connectivity index (χ2v) is 5.37. The van der Waals surface area contributed by atoms with Crippen molar-refractivity contribution < 1.29 is 9.13 Å². The molecule has 0 aliphatic rings. The molecule has 0 heterocycles. The lowest BCUT2D eigenvalue weighted by molar-refractivity contribution is 0.145. The Morgan fingerprint density at radius 3 is 2.76 bits per heavy atom. The Bertz CT molecular complexity index is 434. The van der Waals surface area contributed by atoms with E-state index in [1.165, 1.54) is 12.1 Å². The third-order valence-electron chi connectivity index (χ3n) is 2.65. The number of ether oxygens (including phenoxy) is 1. The Hall–Kier alpha value is -1.14. The summed E-state index contributed by atoms with van der Waals surface area (Å²) in [5, 5.41) is 6.40. The molecule has 1 aromatic rings. The van der Waals surface area contributed by atoms with Crippen LogP contribution in [0.3, 0.4) is 0 Å². The maximum Gasteiger partial charge on any atom is 0.191 e. The highest BCUT2D eigenvalue weighted by molar-refractivity contribution is 9.10. The summed E-state index contributed by atoms with van der Waals surface area (Å²) < 4.78 is 19.3. The number of aliphatic imine (C=N–C) groups is 1. The van der Waals surface area contributed by atoms with Crippen LogP contribution in [0, 0.1) is 5.82 Å². The highest BCUT2D eigenvalue weighted by Crippen LogP contribution is 2.15. The van der Waals surface area contributed by atoms with Crippen LogP contribution in [0.15, 0.2) is 27.7 Å². The number of halogens is 2. The Labute approximate surface area is 134 Å². The fourth-order valence-electron chi connectivity index (χ4n) is 1.74. The molecule has 0 saturated heterocycles. The Morgan fingerprint density at radius 1 is 1.29 bits per heavy atom. The first kappa shape index (κ1) is 17.9. The van der Waals surface area contributed by atoms with E-state index in [4.69, 9.17) is 4.74 Å². The molecule has 6 heteroatoms. The van der Waals surface area contributed by atoms with Gasteiger partial charge in [-0.3, -0.25) is 0 Å². The van der Waals surface area contributed by atoms with Crippen LogP contribution in [0.5, 0.6) is 0 Å². The van der Waals surface area contributed by atoms with Gasteiger partial charge >= 0.3 is 0 Å². The first-order valence-electron chi connectivity index (χ1n) is 7.20. The van der Waals surface area contributed by atoms with Crippen molar-refractivity contribution in [2.75, 3.05) is 26.3 Å². The second-order valence-electron chi connectivity index (χ2n) is 4.45. The molecule has 118 valence electrons. The van der Waals surface area contributed by atoms with E-state index in [1.54, 1.807) is 0 Å². The van der Waals surface area contributed by atoms with Gasteiger partial charge in [-0.1, -0.05) is 15.9 Å². The van der Waals surface area contributed by atoms with Crippen LogP contribution in [-0.2, 0) is 11.3 Å². The minimum atomic E-state index is -0.260. The maximum absolute atomic E-state index is 13.3. The minimum Gasteiger partial charge on any atom is -0.382 e. The van der Waals surface area contributed by atoms with Crippen LogP contribution in [-0.4, -0.2) is 32.3 Å². The van der Waals surface area contributed by atoms with Gasteiger partial charge < -0.3 is 15.4 Å². The summed E-state index contributed by atoms with van der Waals surface area (Å²) in [5.41, 5.74) is 0.827. The zero-order chi connectivity index (χ0) is 15.5. The lowest BCUT2D eigenvalue weighted by atomic mass is 10.2. The quantitative estimate of drug-likeness (QED) is 0.426. The number of nitrogens with zero attached hydrogens (tertiary/aromatic N) is 1. The molecule has 0 fully saturated rings. The molecular weight excluding hydrogens is 337 g/mol. The van der Waals surface area contributed by atoms with Gasteiger partial charge in [0.1, 0.15) is 5.82 Å². The number of benzene rings is 1. The summed E-state index contributed by atoms with van der Waals surface area (Å²) in [6.45, 7) is 7.47. The van der Waals surface area contributed by atoms with Gasteiger partial charge in [0.2, 0.25) is 0 Å². The minimum absolute atomic E-state index is 0.260. The molecule has 0 aliphatic heterocycles. The molecule has 0 atom stereocenters. The number of guanidine groups is 1. The molecule has 2 N–H and O–H groups in total. The van der Waals surface area contributed by atoms with Crippen molar-refractivity contribution in [2.45, 2.75) is 26.8 Å². The summed E-state index contributed by atoms with van der Waals surface area (Å²) in [6, 6.07) is 4.79. The monoisotopic (exact) mass is 359 g/mol. The Balaban J connectivity index is 2.50. The van der Waals surface area contributed by atoms with Crippen LogP contribution in [0.25, 0.3) is 0 Å². The molecule has 0 amide bonds. The summed E-state index contributed by atoms with van der Waals surface area (Å²) in [5.74, 6) is 0.471. The predicted molar refractivity (Wildman–Crippen MR) is 88.0 cm³/mol. The van der Waals surface area contributed by atoms with E-state index in [0.29, 0.717) is 6.54 Å². The third-order valence-corrected chi connectivity index (χ3v) is 3.11. The number of nitrogens with one attached hydrogen (secondary N) is 2. The van der Waals surface area contributed by atoms with E-state index >= 15 is 0 Å². The molecule has 1 aromatic carbocycles. The largest absolute Gasteiger partial charge is 0.382 e. The van der Waals surface area contributed by atoms with Crippen LogP contribution in [0.4, 0.5) is 4.39 Å². The fraction of sp³-hybridized carbons (Fsp3) is 0.533. The molecule has 0 unspecified atom stereocenters. The molecule has 0 saturated carbocycles. The number of hydrogen-bond acceptors (Lipinski definition) is 2. The molecule has 4 nitrogen and oxygen atoms in total. The molecule has 21 heavy (non-hydrogen) atoms. The SMILES string of the molecule is CCNC(=NCc1cc(F)cc(Br)c1)NCCCOCC. The van der Waals surface area contributed by atoms with Crippen LogP contribution < -0.4 is 10.6 Å².